The predicted molar refractivity (Wildman–Crippen MR) is 122 cm³/mol. The summed E-state index contributed by atoms with van der Waals surface area (Å²) in [4.78, 5) is 43.1. The minimum Gasteiger partial charge on any atom is -0.355 e. The van der Waals surface area contributed by atoms with Gasteiger partial charge in [0.2, 0.25) is 11.8 Å². The smallest absolute Gasteiger partial charge is 0.254 e. The minimum absolute atomic E-state index is 0.0473. The standard InChI is InChI=1S/C22H25ClN4O3S/c23-18-1-3-19(4-2-18)27-14-17(13-20(27)28)21(29)24-6-7-25-8-10-26(11-9-25)22(30)16-5-12-31-15-16/h1-5,12,15,17H,6-11,13-14H2,(H,24,29). The Balaban J connectivity index is 1.18. The lowest BCUT2D eigenvalue weighted by Gasteiger charge is -2.34. The van der Waals surface area contributed by atoms with Crippen LogP contribution in [0.4, 0.5) is 5.69 Å². The average Bonchev–Trinajstić information content (AvgIpc) is 3.44. The molecule has 0 saturated carbocycles. The van der Waals surface area contributed by atoms with Crippen molar-refractivity contribution >= 4 is 46.3 Å². The molecule has 1 N–H and O–H groups in total. The van der Waals surface area contributed by atoms with E-state index < -0.39 is 0 Å². The van der Waals surface area contributed by atoms with Gasteiger partial charge in [-0.05, 0) is 35.7 Å². The van der Waals surface area contributed by atoms with Crippen molar-refractivity contribution in [2.45, 2.75) is 6.42 Å². The molecule has 1 aromatic heterocycles. The molecular formula is C22H25ClN4O3S. The van der Waals surface area contributed by atoms with Crippen molar-refractivity contribution in [3.8, 4) is 0 Å². The first-order valence-electron chi connectivity index (χ1n) is 10.4. The summed E-state index contributed by atoms with van der Waals surface area (Å²) in [7, 11) is 0. The number of halogens is 1. The van der Waals surface area contributed by atoms with E-state index in [0.29, 0.717) is 31.2 Å². The highest BCUT2D eigenvalue weighted by Crippen LogP contribution is 2.26. The molecule has 0 spiro atoms. The summed E-state index contributed by atoms with van der Waals surface area (Å²) in [5.74, 6) is -0.390. The molecular weight excluding hydrogens is 436 g/mol. The number of nitrogens with one attached hydrogen (secondary N) is 1. The van der Waals surface area contributed by atoms with E-state index >= 15 is 0 Å². The second-order valence-corrected chi connectivity index (χ2v) is 9.04. The molecule has 3 heterocycles. The average molecular weight is 461 g/mol. The van der Waals surface area contributed by atoms with Gasteiger partial charge in [0, 0.05) is 68.3 Å². The number of piperazine rings is 1. The number of thiophene rings is 1. The van der Waals surface area contributed by atoms with Crippen molar-refractivity contribution in [1.82, 2.24) is 15.1 Å². The van der Waals surface area contributed by atoms with Gasteiger partial charge < -0.3 is 15.1 Å². The first kappa shape index (κ1) is 21.8. The van der Waals surface area contributed by atoms with Crippen LogP contribution in [-0.2, 0) is 9.59 Å². The number of hydrogen-bond donors (Lipinski definition) is 1. The van der Waals surface area contributed by atoms with Crippen LogP contribution in [0.3, 0.4) is 0 Å². The van der Waals surface area contributed by atoms with E-state index in [4.69, 9.17) is 11.6 Å². The van der Waals surface area contributed by atoms with Crippen LogP contribution >= 0.6 is 22.9 Å². The van der Waals surface area contributed by atoms with Crippen LogP contribution in [0, 0.1) is 5.92 Å². The third kappa shape index (κ3) is 5.26. The second kappa shape index (κ2) is 9.80. The molecule has 31 heavy (non-hydrogen) atoms. The van der Waals surface area contributed by atoms with Gasteiger partial charge in [0.1, 0.15) is 0 Å². The van der Waals surface area contributed by atoms with Crippen molar-refractivity contribution in [2.75, 3.05) is 50.7 Å². The molecule has 7 nitrogen and oxygen atoms in total. The van der Waals surface area contributed by atoms with Gasteiger partial charge in [-0.1, -0.05) is 11.6 Å². The van der Waals surface area contributed by atoms with Crippen molar-refractivity contribution in [3.63, 3.8) is 0 Å². The molecule has 1 atom stereocenters. The number of hydrogen-bond acceptors (Lipinski definition) is 5. The molecule has 1 aromatic carbocycles. The lowest BCUT2D eigenvalue weighted by Crippen LogP contribution is -2.50. The lowest BCUT2D eigenvalue weighted by molar-refractivity contribution is -0.126. The third-order valence-corrected chi connectivity index (χ3v) is 6.72. The second-order valence-electron chi connectivity index (χ2n) is 7.82. The Morgan fingerprint density at radius 1 is 1.10 bits per heavy atom. The molecule has 164 valence electrons. The van der Waals surface area contributed by atoms with E-state index in [1.165, 1.54) is 11.3 Å². The van der Waals surface area contributed by atoms with Crippen molar-refractivity contribution in [3.05, 3.63) is 51.7 Å². The van der Waals surface area contributed by atoms with Crippen LogP contribution in [0.15, 0.2) is 41.1 Å². The maximum Gasteiger partial charge on any atom is 0.254 e. The largest absolute Gasteiger partial charge is 0.355 e. The molecule has 3 amide bonds. The van der Waals surface area contributed by atoms with Crippen molar-refractivity contribution in [2.24, 2.45) is 5.92 Å². The van der Waals surface area contributed by atoms with Gasteiger partial charge >= 0.3 is 0 Å². The molecule has 2 fully saturated rings. The Kier molecular flexibility index (Phi) is 6.89. The van der Waals surface area contributed by atoms with Gasteiger partial charge in [-0.2, -0.15) is 11.3 Å². The van der Waals surface area contributed by atoms with Gasteiger partial charge in [-0.3, -0.25) is 19.3 Å². The van der Waals surface area contributed by atoms with Gasteiger partial charge in [-0.25, -0.2) is 0 Å². The summed E-state index contributed by atoms with van der Waals surface area (Å²) in [6.45, 7) is 4.61. The van der Waals surface area contributed by atoms with Crippen molar-refractivity contribution < 1.29 is 14.4 Å². The Bertz CT molecular complexity index is 927. The van der Waals surface area contributed by atoms with Crippen molar-refractivity contribution in [1.29, 1.82) is 0 Å². The van der Waals surface area contributed by atoms with Crippen LogP contribution in [0.1, 0.15) is 16.8 Å². The van der Waals surface area contributed by atoms with E-state index in [2.05, 4.69) is 10.2 Å². The summed E-state index contributed by atoms with van der Waals surface area (Å²) in [5, 5.41) is 7.38. The number of carbonyl (C=O) groups is 3. The van der Waals surface area contributed by atoms with Gasteiger partial charge in [-0.15, -0.1) is 0 Å². The molecule has 1 unspecified atom stereocenters. The van der Waals surface area contributed by atoms with Crippen LogP contribution in [0.25, 0.3) is 0 Å². The fraction of sp³-hybridized carbons (Fsp3) is 0.409. The number of anilines is 1. The molecule has 2 aliphatic rings. The first-order chi connectivity index (χ1) is 15.0. The normalized spacial score (nSPS) is 19.6. The summed E-state index contributed by atoms with van der Waals surface area (Å²) in [5.41, 5.74) is 1.52. The quantitative estimate of drug-likeness (QED) is 0.718. The van der Waals surface area contributed by atoms with E-state index in [-0.39, 0.29) is 30.1 Å². The summed E-state index contributed by atoms with van der Waals surface area (Å²) in [6, 6.07) is 8.93. The fourth-order valence-corrected chi connectivity index (χ4v) is 4.73. The minimum atomic E-state index is -0.344. The highest BCUT2D eigenvalue weighted by Gasteiger charge is 2.35. The highest BCUT2D eigenvalue weighted by molar-refractivity contribution is 7.08. The predicted octanol–water partition coefficient (Wildman–Crippen LogP) is 2.33. The fourth-order valence-electron chi connectivity index (χ4n) is 3.98. The Morgan fingerprint density at radius 3 is 2.52 bits per heavy atom. The van der Waals surface area contributed by atoms with E-state index in [9.17, 15) is 14.4 Å². The zero-order valence-electron chi connectivity index (χ0n) is 17.1. The highest BCUT2D eigenvalue weighted by atomic mass is 35.5. The van der Waals surface area contributed by atoms with E-state index in [1.807, 2.05) is 21.7 Å². The zero-order valence-corrected chi connectivity index (χ0v) is 18.7. The number of nitrogens with zero attached hydrogens (tertiary/aromatic N) is 3. The van der Waals surface area contributed by atoms with Crippen LogP contribution in [0.5, 0.6) is 0 Å². The van der Waals surface area contributed by atoms with Gasteiger partial charge in [0.25, 0.3) is 5.91 Å². The molecule has 0 aliphatic carbocycles. The maximum absolute atomic E-state index is 12.6. The molecule has 2 aromatic rings. The Hall–Kier alpha value is -2.42. The first-order valence-corrected chi connectivity index (χ1v) is 11.7. The monoisotopic (exact) mass is 460 g/mol. The summed E-state index contributed by atoms with van der Waals surface area (Å²) in [6.07, 6.45) is 0.220. The number of carbonyl (C=O) groups excluding carboxylic acids is 3. The number of rotatable bonds is 6. The molecule has 0 bridgehead atoms. The Morgan fingerprint density at radius 2 is 1.84 bits per heavy atom. The van der Waals surface area contributed by atoms with Gasteiger partial charge in [0.05, 0.1) is 11.5 Å². The van der Waals surface area contributed by atoms with Gasteiger partial charge in [0.15, 0.2) is 0 Å². The lowest BCUT2D eigenvalue weighted by atomic mass is 10.1. The van der Waals surface area contributed by atoms with E-state index in [1.54, 1.807) is 29.2 Å². The molecule has 2 saturated heterocycles. The number of benzene rings is 1. The molecule has 4 rings (SSSR count). The van der Waals surface area contributed by atoms with Crippen LogP contribution in [-0.4, -0.2) is 73.3 Å². The number of amides is 3. The maximum atomic E-state index is 12.6. The van der Waals surface area contributed by atoms with Crippen LogP contribution < -0.4 is 10.2 Å². The molecule has 2 aliphatic heterocycles. The SMILES string of the molecule is O=C(NCCN1CCN(C(=O)c2ccsc2)CC1)C1CC(=O)N(c2ccc(Cl)cc2)C1. The molecule has 9 heteroatoms. The van der Waals surface area contributed by atoms with E-state index in [0.717, 1.165) is 30.9 Å². The topological polar surface area (TPSA) is 73.0 Å². The Labute approximate surface area is 190 Å². The molecule has 0 radical (unpaired) electrons. The van der Waals surface area contributed by atoms with Crippen LogP contribution in [0.2, 0.25) is 5.02 Å². The third-order valence-electron chi connectivity index (χ3n) is 5.79. The summed E-state index contributed by atoms with van der Waals surface area (Å²) >= 11 is 7.44. The zero-order chi connectivity index (χ0) is 21.8. The summed E-state index contributed by atoms with van der Waals surface area (Å²) < 4.78 is 0.